The van der Waals surface area contributed by atoms with E-state index < -0.39 is 0 Å². The van der Waals surface area contributed by atoms with Gasteiger partial charge in [-0.3, -0.25) is 0 Å². The maximum absolute atomic E-state index is 13.2. The minimum atomic E-state index is -0.260. The van der Waals surface area contributed by atoms with Gasteiger partial charge in [0, 0.05) is 6.04 Å². The zero-order chi connectivity index (χ0) is 12.3. The van der Waals surface area contributed by atoms with Crippen LogP contribution in [0.5, 0.6) is 0 Å². The SMILES string of the molecule is CCC(N)C(OC1COC1)c1cccc(F)c1. The predicted molar refractivity (Wildman–Crippen MR) is 63.1 cm³/mol. The fourth-order valence-electron chi connectivity index (χ4n) is 1.82. The average molecular weight is 239 g/mol. The summed E-state index contributed by atoms with van der Waals surface area (Å²) in [6.07, 6.45) is 0.611. The molecule has 0 amide bonds. The van der Waals surface area contributed by atoms with Crippen molar-refractivity contribution in [3.63, 3.8) is 0 Å². The Balaban J connectivity index is 2.13. The van der Waals surface area contributed by atoms with Gasteiger partial charge in [-0.05, 0) is 24.1 Å². The summed E-state index contributed by atoms with van der Waals surface area (Å²) in [4.78, 5) is 0. The number of hydrogen-bond acceptors (Lipinski definition) is 3. The van der Waals surface area contributed by atoms with E-state index >= 15 is 0 Å². The average Bonchev–Trinajstić information content (AvgIpc) is 2.27. The van der Waals surface area contributed by atoms with E-state index in [1.165, 1.54) is 12.1 Å². The Morgan fingerprint density at radius 1 is 1.53 bits per heavy atom. The quantitative estimate of drug-likeness (QED) is 0.855. The molecule has 1 aliphatic heterocycles. The number of ether oxygens (including phenoxy) is 2. The standard InChI is InChI=1S/C13H18FNO2/c1-2-12(15)13(17-11-7-16-8-11)9-4-3-5-10(14)6-9/h3-6,11-13H,2,7-8,15H2,1H3. The second kappa shape index (κ2) is 5.58. The van der Waals surface area contributed by atoms with Gasteiger partial charge < -0.3 is 15.2 Å². The molecule has 1 heterocycles. The van der Waals surface area contributed by atoms with Crippen molar-refractivity contribution in [1.29, 1.82) is 0 Å². The van der Waals surface area contributed by atoms with Gasteiger partial charge in [-0.25, -0.2) is 4.39 Å². The highest BCUT2D eigenvalue weighted by Gasteiger charge is 2.27. The van der Waals surface area contributed by atoms with Gasteiger partial charge in [0.15, 0.2) is 0 Å². The summed E-state index contributed by atoms with van der Waals surface area (Å²) in [5.74, 6) is -0.260. The van der Waals surface area contributed by atoms with E-state index in [4.69, 9.17) is 15.2 Å². The highest BCUT2D eigenvalue weighted by Crippen LogP contribution is 2.26. The normalized spacial score (nSPS) is 19.7. The third kappa shape index (κ3) is 3.03. The highest BCUT2D eigenvalue weighted by molar-refractivity contribution is 5.20. The monoisotopic (exact) mass is 239 g/mol. The van der Waals surface area contributed by atoms with Crippen LogP contribution in [0.1, 0.15) is 25.0 Å². The van der Waals surface area contributed by atoms with Crippen molar-refractivity contribution in [1.82, 2.24) is 0 Å². The van der Waals surface area contributed by atoms with Gasteiger partial charge in [-0.1, -0.05) is 19.1 Å². The third-order valence-electron chi connectivity index (χ3n) is 2.98. The second-order valence-electron chi connectivity index (χ2n) is 4.34. The molecule has 2 unspecified atom stereocenters. The molecular formula is C13H18FNO2. The molecule has 3 nitrogen and oxygen atoms in total. The van der Waals surface area contributed by atoms with Crippen molar-refractivity contribution in [2.45, 2.75) is 31.6 Å². The van der Waals surface area contributed by atoms with Crippen molar-refractivity contribution in [2.24, 2.45) is 5.73 Å². The zero-order valence-corrected chi connectivity index (χ0v) is 9.93. The highest BCUT2D eigenvalue weighted by atomic mass is 19.1. The molecule has 1 saturated heterocycles. The van der Waals surface area contributed by atoms with E-state index in [0.717, 1.165) is 12.0 Å². The van der Waals surface area contributed by atoms with Crippen molar-refractivity contribution in [3.05, 3.63) is 35.6 Å². The van der Waals surface area contributed by atoms with Gasteiger partial charge in [0.05, 0.1) is 19.3 Å². The van der Waals surface area contributed by atoms with Crippen molar-refractivity contribution in [3.8, 4) is 0 Å². The minimum absolute atomic E-state index is 0.0841. The van der Waals surface area contributed by atoms with E-state index in [1.54, 1.807) is 6.07 Å². The summed E-state index contributed by atoms with van der Waals surface area (Å²) in [6.45, 7) is 3.20. The van der Waals surface area contributed by atoms with Gasteiger partial charge >= 0.3 is 0 Å². The van der Waals surface area contributed by atoms with Crippen LogP contribution in [0.4, 0.5) is 4.39 Å². The Hall–Kier alpha value is -0.970. The smallest absolute Gasteiger partial charge is 0.123 e. The molecule has 2 N–H and O–H groups in total. The summed E-state index contributed by atoms with van der Waals surface area (Å²) in [6, 6.07) is 6.31. The Labute approximate surface area is 101 Å². The lowest BCUT2D eigenvalue weighted by Crippen LogP contribution is -2.41. The van der Waals surface area contributed by atoms with Crippen LogP contribution in [0, 0.1) is 5.82 Å². The summed E-state index contributed by atoms with van der Waals surface area (Å²) < 4.78 is 24.1. The first-order valence-electron chi connectivity index (χ1n) is 5.95. The van der Waals surface area contributed by atoms with E-state index in [9.17, 15) is 4.39 Å². The van der Waals surface area contributed by atoms with Crippen molar-refractivity contribution in [2.75, 3.05) is 13.2 Å². The fourth-order valence-corrected chi connectivity index (χ4v) is 1.82. The van der Waals surface area contributed by atoms with E-state index in [-0.39, 0.29) is 24.1 Å². The summed E-state index contributed by atoms with van der Waals surface area (Å²) in [7, 11) is 0. The molecule has 0 spiro atoms. The van der Waals surface area contributed by atoms with Crippen LogP contribution in [-0.4, -0.2) is 25.4 Å². The van der Waals surface area contributed by atoms with Crippen molar-refractivity contribution >= 4 is 0 Å². The number of hydrogen-bond donors (Lipinski definition) is 1. The Kier molecular flexibility index (Phi) is 4.10. The third-order valence-corrected chi connectivity index (χ3v) is 2.98. The van der Waals surface area contributed by atoms with Crippen LogP contribution in [-0.2, 0) is 9.47 Å². The van der Waals surface area contributed by atoms with Crippen LogP contribution < -0.4 is 5.73 Å². The zero-order valence-electron chi connectivity index (χ0n) is 9.93. The number of benzene rings is 1. The molecule has 0 aliphatic carbocycles. The van der Waals surface area contributed by atoms with Crippen LogP contribution in [0.3, 0.4) is 0 Å². The summed E-state index contributed by atoms with van der Waals surface area (Å²) >= 11 is 0. The molecule has 1 aromatic carbocycles. The number of halogens is 1. The van der Waals surface area contributed by atoms with Gasteiger partial charge in [-0.15, -0.1) is 0 Å². The second-order valence-corrected chi connectivity index (χ2v) is 4.34. The Morgan fingerprint density at radius 2 is 2.29 bits per heavy atom. The van der Waals surface area contributed by atoms with Gasteiger partial charge in [0.25, 0.3) is 0 Å². The molecule has 1 aromatic rings. The first kappa shape index (κ1) is 12.5. The lowest BCUT2D eigenvalue weighted by atomic mass is 10.0. The lowest BCUT2D eigenvalue weighted by Gasteiger charge is -2.33. The van der Waals surface area contributed by atoms with Crippen LogP contribution in [0.25, 0.3) is 0 Å². The van der Waals surface area contributed by atoms with Gasteiger partial charge in [0.2, 0.25) is 0 Å². The first-order valence-corrected chi connectivity index (χ1v) is 5.95. The summed E-state index contributed by atoms with van der Waals surface area (Å²) in [5, 5.41) is 0. The molecule has 1 fully saturated rings. The Morgan fingerprint density at radius 3 is 2.82 bits per heavy atom. The van der Waals surface area contributed by atoms with Gasteiger partial charge in [0.1, 0.15) is 11.9 Å². The predicted octanol–water partition coefficient (Wildman–Crippen LogP) is 2.02. The molecule has 0 radical (unpaired) electrons. The Bertz CT molecular complexity index is 368. The molecule has 1 aliphatic rings. The molecule has 94 valence electrons. The molecular weight excluding hydrogens is 221 g/mol. The maximum atomic E-state index is 13.2. The molecule has 0 bridgehead atoms. The minimum Gasteiger partial charge on any atom is -0.376 e. The van der Waals surface area contributed by atoms with Crippen LogP contribution in [0.2, 0.25) is 0 Å². The largest absolute Gasteiger partial charge is 0.376 e. The fraction of sp³-hybridized carbons (Fsp3) is 0.538. The van der Waals surface area contributed by atoms with Crippen LogP contribution in [0.15, 0.2) is 24.3 Å². The van der Waals surface area contributed by atoms with Gasteiger partial charge in [-0.2, -0.15) is 0 Å². The van der Waals surface area contributed by atoms with Crippen LogP contribution >= 0.6 is 0 Å². The number of rotatable bonds is 5. The van der Waals surface area contributed by atoms with E-state index in [0.29, 0.717) is 13.2 Å². The van der Waals surface area contributed by atoms with E-state index in [1.807, 2.05) is 13.0 Å². The topological polar surface area (TPSA) is 44.5 Å². The number of nitrogens with two attached hydrogens (primary N) is 1. The molecule has 0 aromatic heterocycles. The molecule has 2 rings (SSSR count). The molecule has 0 saturated carbocycles. The summed E-state index contributed by atoms with van der Waals surface area (Å²) in [5.41, 5.74) is 6.84. The lowest BCUT2D eigenvalue weighted by molar-refractivity contribution is -0.160. The molecule has 4 heteroatoms. The maximum Gasteiger partial charge on any atom is 0.123 e. The van der Waals surface area contributed by atoms with Crippen molar-refractivity contribution < 1.29 is 13.9 Å². The van der Waals surface area contributed by atoms with E-state index in [2.05, 4.69) is 0 Å². The molecule has 17 heavy (non-hydrogen) atoms. The molecule has 2 atom stereocenters. The first-order chi connectivity index (χ1) is 8.20.